The Bertz CT molecular complexity index is 332. The highest BCUT2D eigenvalue weighted by Gasteiger charge is 2.42. The minimum absolute atomic E-state index is 0.105. The molecule has 108 valence electrons. The fourth-order valence-corrected chi connectivity index (χ4v) is 3.11. The Balaban J connectivity index is 2.02. The zero-order valence-corrected chi connectivity index (χ0v) is 11.7. The number of nitrogens with zero attached hydrogens (tertiary/aromatic N) is 1. The Hall–Kier alpha value is -1.26. The van der Waals surface area contributed by atoms with Crippen LogP contribution in [-0.4, -0.2) is 42.6 Å². The average Bonchev–Trinajstić information content (AvgIpc) is 2.48. The van der Waals surface area contributed by atoms with Crippen LogP contribution in [0.3, 0.4) is 0 Å². The molecule has 0 atom stereocenters. The molecule has 1 saturated carbocycles. The molecule has 0 radical (unpaired) electrons. The van der Waals surface area contributed by atoms with Gasteiger partial charge in [-0.2, -0.15) is 0 Å². The van der Waals surface area contributed by atoms with Gasteiger partial charge in [-0.3, -0.25) is 0 Å². The van der Waals surface area contributed by atoms with Crippen molar-refractivity contribution in [2.24, 2.45) is 0 Å². The van der Waals surface area contributed by atoms with Crippen LogP contribution in [0.25, 0.3) is 0 Å². The van der Waals surface area contributed by atoms with E-state index in [9.17, 15) is 9.59 Å². The van der Waals surface area contributed by atoms with E-state index in [0.717, 1.165) is 45.2 Å². The monoisotopic (exact) mass is 268 g/mol. The molecule has 5 heteroatoms. The summed E-state index contributed by atoms with van der Waals surface area (Å²) in [7, 11) is 1.39. The van der Waals surface area contributed by atoms with E-state index in [2.05, 4.69) is 5.32 Å². The van der Waals surface area contributed by atoms with Gasteiger partial charge in [-0.25, -0.2) is 9.59 Å². The summed E-state index contributed by atoms with van der Waals surface area (Å²) < 4.78 is 4.91. The number of urea groups is 1. The van der Waals surface area contributed by atoms with Gasteiger partial charge in [-0.1, -0.05) is 19.3 Å². The average molecular weight is 268 g/mol. The standard InChI is InChI=1S/C14H24N2O3/c1-19-12(17)14(8-4-2-5-9-14)15-13(18)16-10-6-3-7-11-16/h2-11H2,1H3,(H,15,18). The summed E-state index contributed by atoms with van der Waals surface area (Å²) in [6.45, 7) is 1.59. The van der Waals surface area contributed by atoms with E-state index >= 15 is 0 Å². The van der Waals surface area contributed by atoms with Crippen LogP contribution < -0.4 is 5.32 Å². The lowest BCUT2D eigenvalue weighted by atomic mass is 9.81. The predicted octanol–water partition coefficient (Wildman–Crippen LogP) is 2.06. The first kappa shape index (κ1) is 14.2. The minimum Gasteiger partial charge on any atom is -0.467 e. The molecule has 1 heterocycles. The van der Waals surface area contributed by atoms with Gasteiger partial charge in [-0.15, -0.1) is 0 Å². The van der Waals surface area contributed by atoms with E-state index in [1.807, 2.05) is 4.90 Å². The molecule has 2 amide bonds. The van der Waals surface area contributed by atoms with E-state index in [0.29, 0.717) is 12.8 Å². The van der Waals surface area contributed by atoms with Gasteiger partial charge in [0.2, 0.25) is 0 Å². The Kier molecular flexibility index (Phi) is 4.66. The second-order valence-corrected chi connectivity index (χ2v) is 5.61. The van der Waals surface area contributed by atoms with E-state index in [4.69, 9.17) is 4.74 Å². The number of rotatable bonds is 2. The molecule has 0 spiro atoms. The number of carbonyl (C=O) groups is 2. The summed E-state index contributed by atoms with van der Waals surface area (Å²) in [5, 5.41) is 2.97. The first-order valence-corrected chi connectivity index (χ1v) is 7.33. The molecule has 2 rings (SSSR count). The number of methoxy groups -OCH3 is 1. The molecule has 0 aromatic rings. The second kappa shape index (κ2) is 6.26. The number of amides is 2. The zero-order valence-electron chi connectivity index (χ0n) is 11.7. The molecule has 0 aromatic carbocycles. The molecule has 5 nitrogen and oxygen atoms in total. The summed E-state index contributed by atoms with van der Waals surface area (Å²) >= 11 is 0. The number of piperidine rings is 1. The van der Waals surface area contributed by atoms with Crippen molar-refractivity contribution < 1.29 is 14.3 Å². The van der Waals surface area contributed by atoms with Crippen molar-refractivity contribution in [2.45, 2.75) is 56.9 Å². The highest BCUT2D eigenvalue weighted by atomic mass is 16.5. The van der Waals surface area contributed by atoms with Gasteiger partial charge < -0.3 is 15.0 Å². The SMILES string of the molecule is COC(=O)C1(NC(=O)N2CCCCC2)CCCCC1. The number of likely N-dealkylation sites (tertiary alicyclic amines) is 1. The lowest BCUT2D eigenvalue weighted by Crippen LogP contribution is -2.59. The smallest absolute Gasteiger partial charge is 0.331 e. The van der Waals surface area contributed by atoms with Crippen LogP contribution >= 0.6 is 0 Å². The molecule has 1 aliphatic heterocycles. The van der Waals surface area contributed by atoms with Gasteiger partial charge in [0.05, 0.1) is 7.11 Å². The molecule has 1 N–H and O–H groups in total. The highest BCUT2D eigenvalue weighted by molar-refractivity contribution is 5.87. The van der Waals surface area contributed by atoms with E-state index in [1.54, 1.807) is 0 Å². The third kappa shape index (κ3) is 3.19. The molecular formula is C14H24N2O3. The molecule has 2 aliphatic rings. The van der Waals surface area contributed by atoms with Gasteiger partial charge in [0, 0.05) is 13.1 Å². The first-order valence-electron chi connectivity index (χ1n) is 7.33. The maximum Gasteiger partial charge on any atom is 0.331 e. The quantitative estimate of drug-likeness (QED) is 0.780. The van der Waals surface area contributed by atoms with Crippen molar-refractivity contribution >= 4 is 12.0 Å². The highest BCUT2D eigenvalue weighted by Crippen LogP contribution is 2.29. The summed E-state index contributed by atoms with van der Waals surface area (Å²) in [5.74, 6) is -0.294. The first-order chi connectivity index (χ1) is 9.18. The van der Waals surface area contributed by atoms with Crippen molar-refractivity contribution in [3.8, 4) is 0 Å². The van der Waals surface area contributed by atoms with E-state index in [-0.39, 0.29) is 12.0 Å². The molecule has 0 aromatic heterocycles. The van der Waals surface area contributed by atoms with Crippen LogP contribution in [0.5, 0.6) is 0 Å². The van der Waals surface area contributed by atoms with Gasteiger partial charge >= 0.3 is 12.0 Å². The lowest BCUT2D eigenvalue weighted by Gasteiger charge is -2.37. The Morgan fingerprint density at radius 1 is 1.00 bits per heavy atom. The van der Waals surface area contributed by atoms with Crippen LogP contribution in [0, 0.1) is 0 Å². The third-order valence-electron chi connectivity index (χ3n) is 4.27. The number of carbonyl (C=O) groups excluding carboxylic acids is 2. The minimum atomic E-state index is -0.790. The van der Waals surface area contributed by atoms with Crippen LogP contribution in [0.1, 0.15) is 51.4 Å². The zero-order chi connectivity index (χ0) is 13.7. The summed E-state index contributed by atoms with van der Waals surface area (Å²) in [4.78, 5) is 26.2. The molecular weight excluding hydrogens is 244 g/mol. The van der Waals surface area contributed by atoms with Gasteiger partial charge in [0.25, 0.3) is 0 Å². The predicted molar refractivity (Wildman–Crippen MR) is 71.8 cm³/mol. The van der Waals surface area contributed by atoms with E-state index < -0.39 is 5.54 Å². The normalized spacial score (nSPS) is 22.7. The topological polar surface area (TPSA) is 58.6 Å². The van der Waals surface area contributed by atoms with Crippen LogP contribution in [0.15, 0.2) is 0 Å². The maximum absolute atomic E-state index is 12.3. The number of hydrogen-bond acceptors (Lipinski definition) is 3. The van der Waals surface area contributed by atoms with Gasteiger partial charge in [0.1, 0.15) is 5.54 Å². The van der Waals surface area contributed by atoms with Crippen molar-refractivity contribution in [1.82, 2.24) is 10.2 Å². The number of hydrogen-bond donors (Lipinski definition) is 1. The number of nitrogens with one attached hydrogen (secondary N) is 1. The van der Waals surface area contributed by atoms with Crippen molar-refractivity contribution in [2.75, 3.05) is 20.2 Å². The number of ether oxygens (including phenoxy) is 1. The van der Waals surface area contributed by atoms with Crippen LogP contribution in [-0.2, 0) is 9.53 Å². The largest absolute Gasteiger partial charge is 0.467 e. The van der Waals surface area contributed by atoms with E-state index in [1.165, 1.54) is 13.5 Å². The summed E-state index contributed by atoms with van der Waals surface area (Å²) in [5.41, 5.74) is -0.790. The Morgan fingerprint density at radius 2 is 1.58 bits per heavy atom. The van der Waals surface area contributed by atoms with Gasteiger partial charge in [0.15, 0.2) is 0 Å². The fourth-order valence-electron chi connectivity index (χ4n) is 3.11. The van der Waals surface area contributed by atoms with Gasteiger partial charge in [-0.05, 0) is 32.1 Å². The Morgan fingerprint density at radius 3 is 2.16 bits per heavy atom. The fraction of sp³-hybridized carbons (Fsp3) is 0.857. The lowest BCUT2D eigenvalue weighted by molar-refractivity contribution is -0.149. The summed E-state index contributed by atoms with van der Waals surface area (Å²) in [6, 6.07) is -0.105. The Labute approximate surface area is 114 Å². The van der Waals surface area contributed by atoms with Crippen molar-refractivity contribution in [3.63, 3.8) is 0 Å². The van der Waals surface area contributed by atoms with Crippen LogP contribution in [0.2, 0.25) is 0 Å². The molecule has 0 unspecified atom stereocenters. The van der Waals surface area contributed by atoms with Crippen molar-refractivity contribution in [1.29, 1.82) is 0 Å². The molecule has 2 fully saturated rings. The number of esters is 1. The summed E-state index contributed by atoms with van der Waals surface area (Å²) in [6.07, 6.45) is 7.74. The van der Waals surface area contributed by atoms with Crippen LogP contribution in [0.4, 0.5) is 4.79 Å². The second-order valence-electron chi connectivity index (χ2n) is 5.61. The maximum atomic E-state index is 12.3. The molecule has 1 aliphatic carbocycles. The molecule has 1 saturated heterocycles. The molecule has 19 heavy (non-hydrogen) atoms. The van der Waals surface area contributed by atoms with Crippen molar-refractivity contribution in [3.05, 3.63) is 0 Å². The third-order valence-corrected chi connectivity index (χ3v) is 4.27. The molecule has 0 bridgehead atoms.